The van der Waals surface area contributed by atoms with Crippen molar-refractivity contribution < 1.29 is 23.4 Å². The van der Waals surface area contributed by atoms with Crippen LogP contribution in [0.1, 0.15) is 15.9 Å². The van der Waals surface area contributed by atoms with Gasteiger partial charge in [-0.1, -0.05) is 0 Å². The monoisotopic (exact) mass is 371 g/mol. The molecule has 0 spiro atoms. The molecule has 1 saturated heterocycles. The second kappa shape index (κ2) is 8.68. The van der Waals surface area contributed by atoms with Gasteiger partial charge in [0, 0.05) is 30.3 Å². The van der Waals surface area contributed by atoms with Gasteiger partial charge >= 0.3 is 0 Å². The Morgan fingerprint density at radius 3 is 2.56 bits per heavy atom. The lowest BCUT2D eigenvalue weighted by Gasteiger charge is -2.29. The molecule has 1 aliphatic rings. The lowest BCUT2D eigenvalue weighted by Crippen LogP contribution is -2.36. The third kappa shape index (κ3) is 4.46. The summed E-state index contributed by atoms with van der Waals surface area (Å²) in [4.78, 5) is 14.3. The van der Waals surface area contributed by atoms with Gasteiger partial charge in [-0.05, 0) is 42.5 Å². The molecule has 3 rings (SSSR count). The highest BCUT2D eigenvalue weighted by atomic mass is 19.1. The van der Waals surface area contributed by atoms with Crippen molar-refractivity contribution in [2.45, 2.75) is 0 Å². The van der Waals surface area contributed by atoms with Gasteiger partial charge in [-0.25, -0.2) is 4.39 Å². The lowest BCUT2D eigenvalue weighted by atomic mass is 10.1. The fourth-order valence-corrected chi connectivity index (χ4v) is 2.94. The van der Waals surface area contributed by atoms with Crippen molar-refractivity contribution in [2.75, 3.05) is 45.4 Å². The van der Waals surface area contributed by atoms with Crippen molar-refractivity contribution in [1.29, 1.82) is 0 Å². The molecular weight excluding hydrogens is 349 g/mol. The average Bonchev–Trinajstić information content (AvgIpc) is 2.72. The number of carbonyl (C=O) groups excluding carboxylic acids is 1. The van der Waals surface area contributed by atoms with Crippen LogP contribution in [-0.2, 0) is 4.74 Å². The molecule has 0 N–H and O–H groups in total. The number of rotatable bonds is 6. The largest absolute Gasteiger partial charge is 0.497 e. The second-order valence-corrected chi connectivity index (χ2v) is 6.07. The number of morpholine rings is 1. The van der Waals surface area contributed by atoms with Crippen LogP contribution < -0.4 is 14.4 Å². The summed E-state index contributed by atoms with van der Waals surface area (Å²) in [6, 6.07) is 9.89. The maximum atomic E-state index is 14.5. The van der Waals surface area contributed by atoms with E-state index in [4.69, 9.17) is 14.2 Å². The quantitative estimate of drug-likeness (QED) is 0.574. The Hall–Kier alpha value is -2.86. The molecule has 2 aromatic carbocycles. The number of hydrogen-bond acceptors (Lipinski definition) is 5. The normalized spacial score (nSPS) is 14.4. The summed E-state index contributed by atoms with van der Waals surface area (Å²) in [5, 5.41) is 0. The molecule has 0 aromatic heterocycles. The van der Waals surface area contributed by atoms with Crippen LogP contribution >= 0.6 is 0 Å². The second-order valence-electron chi connectivity index (χ2n) is 6.07. The summed E-state index contributed by atoms with van der Waals surface area (Å²) < 4.78 is 30.2. The zero-order valence-corrected chi connectivity index (χ0v) is 15.4. The molecule has 0 unspecified atom stereocenters. The summed E-state index contributed by atoms with van der Waals surface area (Å²) in [6.45, 7) is 2.43. The van der Waals surface area contributed by atoms with Crippen molar-refractivity contribution in [3.63, 3.8) is 0 Å². The van der Waals surface area contributed by atoms with Crippen molar-refractivity contribution in [3.8, 4) is 11.5 Å². The Morgan fingerprint density at radius 1 is 1.11 bits per heavy atom. The van der Waals surface area contributed by atoms with Crippen LogP contribution in [-0.4, -0.2) is 46.3 Å². The van der Waals surface area contributed by atoms with E-state index in [9.17, 15) is 9.18 Å². The first-order valence-corrected chi connectivity index (χ1v) is 8.69. The van der Waals surface area contributed by atoms with Gasteiger partial charge in [0.15, 0.2) is 5.78 Å². The van der Waals surface area contributed by atoms with Crippen LogP contribution in [0.2, 0.25) is 0 Å². The summed E-state index contributed by atoms with van der Waals surface area (Å²) >= 11 is 0. The number of carbonyl (C=O) groups is 1. The van der Waals surface area contributed by atoms with Gasteiger partial charge in [0.2, 0.25) is 0 Å². The van der Waals surface area contributed by atoms with Gasteiger partial charge in [0.1, 0.15) is 17.3 Å². The predicted molar refractivity (Wildman–Crippen MR) is 102 cm³/mol. The van der Waals surface area contributed by atoms with E-state index in [1.54, 1.807) is 50.6 Å². The molecule has 0 saturated carbocycles. The minimum Gasteiger partial charge on any atom is -0.497 e. The standard InChI is InChI=1S/C21H22FNO4/c1-25-17-6-3-15(21(14-17)26-2)5-8-20(24)16-4-7-19(18(22)13-16)23-9-11-27-12-10-23/h3-8,13-14H,9-12H2,1-2H3. The highest BCUT2D eigenvalue weighted by Gasteiger charge is 2.16. The number of methoxy groups -OCH3 is 2. The summed E-state index contributed by atoms with van der Waals surface area (Å²) in [7, 11) is 3.12. The van der Waals surface area contributed by atoms with Crippen LogP contribution in [0.3, 0.4) is 0 Å². The molecule has 0 aliphatic carbocycles. The molecule has 1 heterocycles. The van der Waals surface area contributed by atoms with E-state index >= 15 is 0 Å². The van der Waals surface area contributed by atoms with Crippen LogP contribution in [0, 0.1) is 5.82 Å². The number of ether oxygens (including phenoxy) is 3. The first kappa shape index (κ1) is 18.9. The Labute approximate surface area is 158 Å². The van der Waals surface area contributed by atoms with Crippen molar-refractivity contribution in [2.24, 2.45) is 0 Å². The molecule has 0 amide bonds. The highest BCUT2D eigenvalue weighted by molar-refractivity contribution is 6.07. The molecule has 27 heavy (non-hydrogen) atoms. The van der Waals surface area contributed by atoms with E-state index in [0.29, 0.717) is 49.1 Å². The van der Waals surface area contributed by atoms with E-state index in [1.807, 2.05) is 4.90 Å². The zero-order chi connectivity index (χ0) is 19.2. The van der Waals surface area contributed by atoms with E-state index in [-0.39, 0.29) is 5.78 Å². The van der Waals surface area contributed by atoms with E-state index in [0.717, 1.165) is 5.56 Å². The van der Waals surface area contributed by atoms with Crippen LogP contribution in [0.4, 0.5) is 10.1 Å². The average molecular weight is 371 g/mol. The first-order valence-electron chi connectivity index (χ1n) is 8.69. The molecule has 0 atom stereocenters. The van der Waals surface area contributed by atoms with Gasteiger partial charge in [0.05, 0.1) is 33.1 Å². The van der Waals surface area contributed by atoms with Crippen molar-refractivity contribution in [1.82, 2.24) is 0 Å². The van der Waals surface area contributed by atoms with Crippen LogP contribution in [0.5, 0.6) is 11.5 Å². The number of ketones is 1. The van der Waals surface area contributed by atoms with Crippen molar-refractivity contribution in [3.05, 3.63) is 59.4 Å². The number of benzene rings is 2. The Bertz CT molecular complexity index is 844. The van der Waals surface area contributed by atoms with Crippen LogP contribution in [0.15, 0.2) is 42.5 Å². The summed E-state index contributed by atoms with van der Waals surface area (Å²) in [5.74, 6) is 0.571. The van der Waals surface area contributed by atoms with Gasteiger partial charge in [0.25, 0.3) is 0 Å². The van der Waals surface area contributed by atoms with Gasteiger partial charge in [-0.3, -0.25) is 4.79 Å². The molecule has 6 heteroatoms. The number of hydrogen-bond donors (Lipinski definition) is 0. The minimum atomic E-state index is -0.404. The maximum absolute atomic E-state index is 14.5. The third-order valence-corrected chi connectivity index (χ3v) is 4.44. The number of anilines is 1. The fourth-order valence-electron chi connectivity index (χ4n) is 2.94. The molecule has 142 valence electrons. The van der Waals surface area contributed by atoms with Gasteiger partial charge < -0.3 is 19.1 Å². The number of nitrogens with zero attached hydrogens (tertiary/aromatic N) is 1. The smallest absolute Gasteiger partial charge is 0.185 e. The van der Waals surface area contributed by atoms with E-state index < -0.39 is 5.82 Å². The molecule has 1 aliphatic heterocycles. The highest BCUT2D eigenvalue weighted by Crippen LogP contribution is 2.26. The number of halogens is 1. The first-order chi connectivity index (χ1) is 13.1. The topological polar surface area (TPSA) is 48.0 Å². The fraction of sp³-hybridized carbons (Fsp3) is 0.286. The minimum absolute atomic E-state index is 0.278. The lowest BCUT2D eigenvalue weighted by molar-refractivity contribution is 0.104. The Kier molecular flexibility index (Phi) is 6.08. The maximum Gasteiger partial charge on any atom is 0.185 e. The summed E-state index contributed by atoms with van der Waals surface area (Å²) in [5.41, 5.74) is 1.53. The molecule has 1 fully saturated rings. The molecule has 0 radical (unpaired) electrons. The Balaban J connectivity index is 1.76. The molecule has 5 nitrogen and oxygen atoms in total. The van der Waals surface area contributed by atoms with Gasteiger partial charge in [-0.2, -0.15) is 0 Å². The van der Waals surface area contributed by atoms with Crippen LogP contribution in [0.25, 0.3) is 6.08 Å². The molecule has 2 aromatic rings. The predicted octanol–water partition coefficient (Wildman–Crippen LogP) is 3.58. The SMILES string of the molecule is COc1ccc(C=CC(=O)c2ccc(N3CCOCC3)c(F)c2)c(OC)c1. The van der Waals surface area contributed by atoms with Gasteiger partial charge in [-0.15, -0.1) is 0 Å². The zero-order valence-electron chi connectivity index (χ0n) is 15.4. The van der Waals surface area contributed by atoms with Crippen molar-refractivity contribution >= 4 is 17.5 Å². The number of allylic oxidation sites excluding steroid dienone is 1. The van der Waals surface area contributed by atoms with E-state index in [1.165, 1.54) is 12.1 Å². The molecule has 0 bridgehead atoms. The summed E-state index contributed by atoms with van der Waals surface area (Å²) in [6.07, 6.45) is 3.06. The Morgan fingerprint density at radius 2 is 1.89 bits per heavy atom. The molecular formula is C21H22FNO4. The van der Waals surface area contributed by atoms with E-state index in [2.05, 4.69) is 0 Å². The third-order valence-electron chi connectivity index (χ3n) is 4.44.